The average molecular weight is 417 g/mol. The van der Waals surface area contributed by atoms with Gasteiger partial charge in [0.05, 0.1) is 22.9 Å². The summed E-state index contributed by atoms with van der Waals surface area (Å²) in [5, 5.41) is 9.47. The fourth-order valence-electron chi connectivity index (χ4n) is 3.24. The highest BCUT2D eigenvalue weighted by Crippen LogP contribution is 2.31. The molecule has 0 aliphatic carbocycles. The topological polar surface area (TPSA) is 58.7 Å². The highest BCUT2D eigenvalue weighted by molar-refractivity contribution is 5.75. The van der Waals surface area contributed by atoms with Crippen molar-refractivity contribution in [1.29, 1.82) is 5.26 Å². The maximum absolute atomic E-state index is 13.3. The van der Waals surface area contributed by atoms with Gasteiger partial charge in [0.2, 0.25) is 0 Å². The van der Waals surface area contributed by atoms with E-state index in [4.69, 9.17) is 0 Å². The molecule has 4 aromatic rings. The highest BCUT2D eigenvalue weighted by Gasteiger charge is 2.30. The van der Waals surface area contributed by atoms with Crippen LogP contribution >= 0.6 is 0 Å². The Labute approximate surface area is 175 Å². The molecule has 0 spiro atoms. The molecule has 0 radical (unpaired) electrons. The standard InChI is InChI=1S/C24H14F3N3O/c25-24(26,27)18-10-11-22(29-14-18)17-12-21(20-9-5-4-6-16(20)13-28)23(31)30(15-17)19-7-2-1-3-8-19/h1-12,14-15H. The molecule has 31 heavy (non-hydrogen) atoms. The van der Waals surface area contributed by atoms with Crippen LogP contribution in [0.2, 0.25) is 0 Å². The van der Waals surface area contributed by atoms with Crippen molar-refractivity contribution in [2.45, 2.75) is 6.18 Å². The lowest BCUT2D eigenvalue weighted by Gasteiger charge is -2.13. The molecule has 0 saturated carbocycles. The van der Waals surface area contributed by atoms with Crippen LogP contribution in [0.25, 0.3) is 28.1 Å². The van der Waals surface area contributed by atoms with Crippen molar-refractivity contribution >= 4 is 0 Å². The van der Waals surface area contributed by atoms with E-state index in [-0.39, 0.29) is 16.8 Å². The van der Waals surface area contributed by atoms with E-state index in [1.165, 1.54) is 16.8 Å². The largest absolute Gasteiger partial charge is 0.417 e. The van der Waals surface area contributed by atoms with Crippen molar-refractivity contribution in [2.75, 3.05) is 0 Å². The number of pyridine rings is 2. The fourth-order valence-corrected chi connectivity index (χ4v) is 3.24. The smallest absolute Gasteiger partial charge is 0.283 e. The van der Waals surface area contributed by atoms with Gasteiger partial charge in [-0.1, -0.05) is 36.4 Å². The number of hydrogen-bond donors (Lipinski definition) is 0. The third-order valence-electron chi connectivity index (χ3n) is 4.78. The number of nitriles is 1. The molecule has 7 heteroatoms. The zero-order chi connectivity index (χ0) is 22.0. The second-order valence-electron chi connectivity index (χ2n) is 6.74. The summed E-state index contributed by atoms with van der Waals surface area (Å²) in [5.41, 5.74) is 1.09. The first kappa shape index (κ1) is 20.1. The summed E-state index contributed by atoms with van der Waals surface area (Å²) in [4.78, 5) is 17.2. The molecular formula is C24H14F3N3O. The van der Waals surface area contributed by atoms with Gasteiger partial charge in [0.25, 0.3) is 5.56 Å². The molecule has 0 amide bonds. The lowest BCUT2D eigenvalue weighted by Crippen LogP contribution is -2.20. The molecule has 0 bridgehead atoms. The molecule has 0 aliphatic heterocycles. The minimum absolute atomic E-state index is 0.250. The number of aromatic nitrogens is 2. The minimum Gasteiger partial charge on any atom is -0.283 e. The van der Waals surface area contributed by atoms with Crippen molar-refractivity contribution in [3.05, 3.63) is 107 Å². The van der Waals surface area contributed by atoms with Crippen LogP contribution in [0.4, 0.5) is 13.2 Å². The van der Waals surface area contributed by atoms with Crippen molar-refractivity contribution in [3.63, 3.8) is 0 Å². The predicted molar refractivity (Wildman–Crippen MR) is 110 cm³/mol. The first-order valence-corrected chi connectivity index (χ1v) is 9.24. The van der Waals surface area contributed by atoms with Gasteiger partial charge in [0.1, 0.15) is 0 Å². The lowest BCUT2D eigenvalue weighted by atomic mass is 9.99. The van der Waals surface area contributed by atoms with Crippen molar-refractivity contribution in [3.8, 4) is 34.1 Å². The molecule has 0 aliphatic rings. The molecule has 4 rings (SSSR count). The second kappa shape index (κ2) is 7.92. The van der Waals surface area contributed by atoms with E-state index in [0.717, 1.165) is 12.3 Å². The summed E-state index contributed by atoms with van der Waals surface area (Å²) >= 11 is 0. The number of nitrogens with zero attached hydrogens (tertiary/aromatic N) is 3. The normalized spacial score (nSPS) is 11.2. The lowest BCUT2D eigenvalue weighted by molar-refractivity contribution is -0.137. The van der Waals surface area contributed by atoms with Crippen molar-refractivity contribution < 1.29 is 13.2 Å². The molecule has 0 saturated heterocycles. The van der Waals surface area contributed by atoms with Crippen molar-refractivity contribution in [1.82, 2.24) is 9.55 Å². The minimum atomic E-state index is -4.49. The first-order valence-electron chi connectivity index (χ1n) is 9.24. The quantitative estimate of drug-likeness (QED) is 0.445. The first-order chi connectivity index (χ1) is 14.9. The van der Waals surface area contributed by atoms with E-state index >= 15 is 0 Å². The fraction of sp³-hybridized carbons (Fsp3) is 0.0417. The zero-order valence-corrected chi connectivity index (χ0v) is 16.0. The van der Waals surface area contributed by atoms with Crippen LogP contribution in [0.5, 0.6) is 0 Å². The molecule has 0 unspecified atom stereocenters. The van der Waals surface area contributed by atoms with E-state index in [2.05, 4.69) is 11.1 Å². The summed E-state index contributed by atoms with van der Waals surface area (Å²) in [6.45, 7) is 0. The Morgan fingerprint density at radius 2 is 1.61 bits per heavy atom. The zero-order valence-electron chi connectivity index (χ0n) is 16.0. The van der Waals surface area contributed by atoms with Gasteiger partial charge in [0, 0.05) is 34.8 Å². The number of benzene rings is 2. The Morgan fingerprint density at radius 1 is 0.903 bits per heavy atom. The summed E-state index contributed by atoms with van der Waals surface area (Å²) in [7, 11) is 0. The molecular weight excluding hydrogens is 403 g/mol. The second-order valence-corrected chi connectivity index (χ2v) is 6.74. The molecule has 2 aromatic carbocycles. The number of halogens is 3. The summed E-state index contributed by atoms with van der Waals surface area (Å²) in [6, 6.07) is 21.3. The van der Waals surface area contributed by atoms with Crippen LogP contribution < -0.4 is 5.56 Å². The van der Waals surface area contributed by atoms with Gasteiger partial charge in [-0.15, -0.1) is 0 Å². The van der Waals surface area contributed by atoms with Crippen LogP contribution in [0.3, 0.4) is 0 Å². The van der Waals surface area contributed by atoms with E-state index in [1.807, 2.05) is 6.07 Å². The SMILES string of the molecule is N#Cc1ccccc1-c1cc(-c2ccc(C(F)(F)F)cn2)cn(-c2ccccc2)c1=O. The van der Waals surface area contributed by atoms with Crippen LogP contribution in [-0.4, -0.2) is 9.55 Å². The number of hydrogen-bond acceptors (Lipinski definition) is 3. The van der Waals surface area contributed by atoms with E-state index in [9.17, 15) is 23.2 Å². The van der Waals surface area contributed by atoms with Gasteiger partial charge < -0.3 is 0 Å². The maximum atomic E-state index is 13.3. The number of rotatable bonds is 3. The van der Waals surface area contributed by atoms with E-state index < -0.39 is 11.7 Å². The summed E-state index contributed by atoms with van der Waals surface area (Å²) < 4.78 is 40.1. The Hall–Kier alpha value is -4.18. The summed E-state index contributed by atoms with van der Waals surface area (Å²) in [6.07, 6.45) is -2.20. The highest BCUT2D eigenvalue weighted by atomic mass is 19.4. The van der Waals surface area contributed by atoms with Crippen LogP contribution in [-0.2, 0) is 6.18 Å². The maximum Gasteiger partial charge on any atom is 0.417 e. The molecule has 2 heterocycles. The van der Waals surface area contributed by atoms with Gasteiger partial charge in [-0.2, -0.15) is 18.4 Å². The molecule has 0 atom stereocenters. The Balaban J connectivity index is 1.97. The monoisotopic (exact) mass is 417 g/mol. The molecule has 0 N–H and O–H groups in total. The van der Waals surface area contributed by atoms with Gasteiger partial charge in [0.15, 0.2) is 0 Å². The molecule has 4 nitrogen and oxygen atoms in total. The van der Waals surface area contributed by atoms with E-state index in [0.29, 0.717) is 22.4 Å². The van der Waals surface area contributed by atoms with Crippen LogP contribution in [0.15, 0.2) is 90.0 Å². The van der Waals surface area contributed by atoms with Gasteiger partial charge in [-0.05, 0) is 36.4 Å². The molecule has 2 aromatic heterocycles. The third kappa shape index (κ3) is 3.96. The van der Waals surface area contributed by atoms with Gasteiger partial charge in [-0.3, -0.25) is 14.3 Å². The Kier molecular flexibility index (Phi) is 5.14. The van der Waals surface area contributed by atoms with E-state index in [1.54, 1.807) is 54.6 Å². The van der Waals surface area contributed by atoms with Crippen molar-refractivity contribution in [2.24, 2.45) is 0 Å². The average Bonchev–Trinajstić information content (AvgIpc) is 2.79. The Morgan fingerprint density at radius 3 is 2.26 bits per heavy atom. The Bertz CT molecular complexity index is 1340. The van der Waals surface area contributed by atoms with Crippen LogP contribution in [0.1, 0.15) is 11.1 Å². The predicted octanol–water partition coefficient (Wildman–Crippen LogP) is 5.46. The number of alkyl halides is 3. The van der Waals surface area contributed by atoms with Gasteiger partial charge >= 0.3 is 6.18 Å². The molecule has 152 valence electrons. The molecule has 0 fully saturated rings. The third-order valence-corrected chi connectivity index (χ3v) is 4.78. The summed E-state index contributed by atoms with van der Waals surface area (Å²) in [5.74, 6) is 0. The number of para-hydroxylation sites is 1. The van der Waals surface area contributed by atoms with Gasteiger partial charge in [-0.25, -0.2) is 0 Å². The van der Waals surface area contributed by atoms with Crippen LogP contribution in [0, 0.1) is 11.3 Å².